The van der Waals surface area contributed by atoms with Crippen molar-refractivity contribution in [2.24, 2.45) is 0 Å². The molecule has 1 unspecified atom stereocenters. The second-order valence-corrected chi connectivity index (χ2v) is 6.02. The van der Waals surface area contributed by atoms with E-state index in [9.17, 15) is 14.7 Å². The van der Waals surface area contributed by atoms with Gasteiger partial charge >= 0.3 is 12.0 Å². The van der Waals surface area contributed by atoms with Crippen LogP contribution in [0.25, 0.3) is 5.69 Å². The third kappa shape index (κ3) is 4.28. The van der Waals surface area contributed by atoms with Gasteiger partial charge in [0.2, 0.25) is 0 Å². The van der Waals surface area contributed by atoms with Crippen molar-refractivity contribution in [3.63, 3.8) is 0 Å². The van der Waals surface area contributed by atoms with Gasteiger partial charge in [-0.1, -0.05) is 30.7 Å². The smallest absolute Gasteiger partial charge is 0.337 e. The van der Waals surface area contributed by atoms with Gasteiger partial charge in [-0.3, -0.25) is 0 Å². The Morgan fingerprint density at radius 2 is 2.04 bits per heavy atom. The zero-order chi connectivity index (χ0) is 18.6. The van der Waals surface area contributed by atoms with Crippen LogP contribution in [-0.4, -0.2) is 44.1 Å². The first kappa shape index (κ1) is 18.8. The summed E-state index contributed by atoms with van der Waals surface area (Å²) < 4.78 is 1.63. The Morgan fingerprint density at radius 1 is 1.36 bits per heavy atom. The number of aliphatic carboxylic acids is 1. The van der Waals surface area contributed by atoms with Crippen molar-refractivity contribution in [2.75, 3.05) is 11.9 Å². The Morgan fingerprint density at radius 3 is 2.64 bits per heavy atom. The van der Waals surface area contributed by atoms with Crippen molar-refractivity contribution in [1.82, 2.24) is 15.1 Å². The van der Waals surface area contributed by atoms with Crippen LogP contribution in [0.1, 0.15) is 19.5 Å². The molecule has 0 aliphatic heterocycles. The minimum absolute atomic E-state index is 0.436. The van der Waals surface area contributed by atoms with Crippen LogP contribution in [0.2, 0.25) is 5.02 Å². The molecule has 9 heteroatoms. The third-order valence-electron chi connectivity index (χ3n) is 3.59. The van der Waals surface area contributed by atoms with Crippen LogP contribution in [0.3, 0.4) is 0 Å². The number of carboxylic acid groups (broad SMARTS) is 1. The minimum atomic E-state index is -2.05. The average molecular weight is 367 g/mol. The Hall–Kier alpha value is -2.58. The van der Waals surface area contributed by atoms with Crippen LogP contribution in [0.4, 0.5) is 10.5 Å². The Labute approximate surface area is 149 Å². The quantitative estimate of drug-likeness (QED) is 0.624. The number of nitrogens with zero attached hydrogens (tertiary/aromatic N) is 2. The maximum absolute atomic E-state index is 12.0. The number of hydrogen-bond donors (Lipinski definition) is 4. The lowest BCUT2D eigenvalue weighted by molar-refractivity contribution is -0.155. The topological polar surface area (TPSA) is 116 Å². The zero-order valence-corrected chi connectivity index (χ0v) is 14.5. The van der Waals surface area contributed by atoms with Crippen molar-refractivity contribution in [2.45, 2.75) is 25.9 Å². The highest BCUT2D eigenvalue weighted by Gasteiger charge is 2.30. The van der Waals surface area contributed by atoms with E-state index >= 15 is 0 Å². The molecule has 0 bridgehead atoms. The summed E-state index contributed by atoms with van der Waals surface area (Å²) in [5.41, 5.74) is -0.168. The third-order valence-corrected chi connectivity index (χ3v) is 3.91. The van der Waals surface area contributed by atoms with Gasteiger partial charge < -0.3 is 20.8 Å². The summed E-state index contributed by atoms with van der Waals surface area (Å²) >= 11 is 6.19. The van der Waals surface area contributed by atoms with Crippen LogP contribution in [0, 0.1) is 0 Å². The number of aliphatic hydroxyl groups is 1. The number of para-hydroxylation sites is 1. The number of hydrogen-bond acceptors (Lipinski definition) is 4. The largest absolute Gasteiger partial charge is 0.479 e. The number of urea groups is 1. The summed E-state index contributed by atoms with van der Waals surface area (Å²) in [6, 6.07) is 6.54. The summed E-state index contributed by atoms with van der Waals surface area (Å²) in [7, 11) is 0. The number of amides is 2. The molecule has 0 fully saturated rings. The number of carboxylic acids is 1. The van der Waals surface area contributed by atoms with Gasteiger partial charge in [-0.15, -0.1) is 0 Å². The highest BCUT2D eigenvalue weighted by atomic mass is 35.5. The van der Waals surface area contributed by atoms with Crippen molar-refractivity contribution in [1.29, 1.82) is 0 Å². The molecule has 4 N–H and O–H groups in total. The SMILES string of the molecule is CCc1c(NC(=O)NCC(C)(O)C(=O)O)cnn1-c1ccccc1Cl. The molecule has 25 heavy (non-hydrogen) atoms. The van der Waals surface area contributed by atoms with E-state index in [4.69, 9.17) is 16.7 Å². The molecule has 1 aromatic carbocycles. The van der Waals surface area contributed by atoms with Crippen molar-refractivity contribution in [3.8, 4) is 5.69 Å². The number of anilines is 1. The standard InChI is InChI=1S/C16H19ClN4O4/c1-3-12-11(20-15(24)18-9-16(2,25)14(22)23)8-19-21(12)13-7-5-4-6-10(13)17/h4-8,25H,3,9H2,1-2H3,(H,22,23)(H2,18,20,24). The predicted molar refractivity (Wildman–Crippen MR) is 93.2 cm³/mol. The van der Waals surface area contributed by atoms with Gasteiger partial charge in [0, 0.05) is 0 Å². The highest BCUT2D eigenvalue weighted by molar-refractivity contribution is 6.32. The molecule has 0 radical (unpaired) electrons. The molecule has 2 amide bonds. The summed E-state index contributed by atoms with van der Waals surface area (Å²) in [6.07, 6.45) is 2.06. The van der Waals surface area contributed by atoms with E-state index in [0.29, 0.717) is 22.8 Å². The van der Waals surface area contributed by atoms with E-state index in [1.54, 1.807) is 10.7 Å². The number of halogens is 1. The first-order chi connectivity index (χ1) is 11.8. The van der Waals surface area contributed by atoms with E-state index in [2.05, 4.69) is 15.7 Å². The number of nitrogens with one attached hydrogen (secondary N) is 2. The highest BCUT2D eigenvalue weighted by Crippen LogP contribution is 2.25. The minimum Gasteiger partial charge on any atom is -0.479 e. The molecule has 1 heterocycles. The van der Waals surface area contributed by atoms with Crippen LogP contribution in [-0.2, 0) is 11.2 Å². The molecular weight excluding hydrogens is 348 g/mol. The average Bonchev–Trinajstić information content (AvgIpc) is 2.95. The Bertz CT molecular complexity index is 788. The van der Waals surface area contributed by atoms with Crippen molar-refractivity contribution >= 4 is 29.3 Å². The molecule has 2 rings (SSSR count). The fourth-order valence-corrected chi connectivity index (χ4v) is 2.36. The van der Waals surface area contributed by atoms with Gasteiger partial charge in [0.05, 0.1) is 34.8 Å². The zero-order valence-electron chi connectivity index (χ0n) is 13.8. The van der Waals surface area contributed by atoms with E-state index < -0.39 is 24.1 Å². The number of aromatic nitrogens is 2. The van der Waals surface area contributed by atoms with E-state index in [1.807, 2.05) is 25.1 Å². The predicted octanol–water partition coefficient (Wildman–Crippen LogP) is 2.05. The number of carbonyl (C=O) groups is 2. The molecule has 2 aromatic rings. The molecule has 0 saturated heterocycles. The maximum Gasteiger partial charge on any atom is 0.337 e. The lowest BCUT2D eigenvalue weighted by Crippen LogP contribution is -2.47. The van der Waals surface area contributed by atoms with Crippen molar-refractivity contribution < 1.29 is 19.8 Å². The molecule has 0 spiro atoms. The summed E-state index contributed by atoms with van der Waals surface area (Å²) in [6.45, 7) is 2.57. The first-order valence-corrected chi connectivity index (χ1v) is 7.96. The summed E-state index contributed by atoms with van der Waals surface area (Å²) in [4.78, 5) is 22.8. The summed E-state index contributed by atoms with van der Waals surface area (Å²) in [5.74, 6) is -1.42. The molecule has 0 saturated carbocycles. The van der Waals surface area contributed by atoms with E-state index in [-0.39, 0.29) is 0 Å². The molecule has 1 atom stereocenters. The van der Waals surface area contributed by atoms with Crippen LogP contribution in [0.5, 0.6) is 0 Å². The molecule has 0 aliphatic rings. The van der Waals surface area contributed by atoms with Gasteiger partial charge in [-0.05, 0) is 25.5 Å². The van der Waals surface area contributed by atoms with Crippen LogP contribution >= 0.6 is 11.6 Å². The fourth-order valence-electron chi connectivity index (χ4n) is 2.14. The first-order valence-electron chi connectivity index (χ1n) is 7.58. The number of carbonyl (C=O) groups excluding carboxylic acids is 1. The van der Waals surface area contributed by atoms with E-state index in [1.165, 1.54) is 6.20 Å². The van der Waals surface area contributed by atoms with Gasteiger partial charge in [0.15, 0.2) is 5.60 Å². The lowest BCUT2D eigenvalue weighted by atomic mass is 10.1. The van der Waals surface area contributed by atoms with Gasteiger partial charge in [0.1, 0.15) is 0 Å². The molecule has 134 valence electrons. The summed E-state index contributed by atoms with van der Waals surface area (Å²) in [5, 5.41) is 28.2. The second-order valence-electron chi connectivity index (χ2n) is 5.61. The number of benzene rings is 1. The molecular formula is C16H19ClN4O4. The second kappa shape index (κ2) is 7.54. The fraction of sp³-hybridized carbons (Fsp3) is 0.312. The maximum atomic E-state index is 12.0. The molecule has 8 nitrogen and oxygen atoms in total. The van der Waals surface area contributed by atoms with E-state index in [0.717, 1.165) is 12.6 Å². The van der Waals surface area contributed by atoms with Gasteiger partial charge in [-0.25, -0.2) is 14.3 Å². The van der Waals surface area contributed by atoms with Crippen LogP contribution < -0.4 is 10.6 Å². The Kier molecular flexibility index (Phi) is 5.66. The van der Waals surface area contributed by atoms with Gasteiger partial charge in [-0.2, -0.15) is 5.10 Å². The molecule has 1 aromatic heterocycles. The normalized spacial score (nSPS) is 13.1. The van der Waals surface area contributed by atoms with Gasteiger partial charge in [0.25, 0.3) is 0 Å². The number of rotatable bonds is 6. The monoisotopic (exact) mass is 366 g/mol. The van der Waals surface area contributed by atoms with Crippen molar-refractivity contribution in [3.05, 3.63) is 41.2 Å². The molecule has 0 aliphatic carbocycles. The lowest BCUT2D eigenvalue weighted by Gasteiger charge is -2.18. The van der Waals surface area contributed by atoms with Crippen LogP contribution in [0.15, 0.2) is 30.5 Å². The Balaban J connectivity index is 2.15.